The van der Waals surface area contributed by atoms with Gasteiger partial charge in [-0.2, -0.15) is 0 Å². The number of carbonyl (C=O) groups excluding carboxylic acids is 3. The number of imide groups is 2. The van der Waals surface area contributed by atoms with E-state index in [0.717, 1.165) is 26.8 Å². The Hall–Kier alpha value is -4.42. The van der Waals surface area contributed by atoms with Gasteiger partial charge in [-0.05, 0) is 70.3 Å². The minimum atomic E-state index is -0.850. The van der Waals surface area contributed by atoms with E-state index >= 15 is 0 Å². The first-order valence-corrected chi connectivity index (χ1v) is 11.2. The lowest BCUT2D eigenvalue weighted by Gasteiger charge is -2.26. The number of rotatable bonds is 4. The van der Waals surface area contributed by atoms with Gasteiger partial charge >= 0.3 is 6.03 Å². The molecule has 0 bridgehead atoms. The third-order valence-corrected chi connectivity index (χ3v) is 6.27. The first-order valence-electron chi connectivity index (χ1n) is 10.9. The van der Waals surface area contributed by atoms with Crippen LogP contribution in [0.15, 0.2) is 90.5 Å². The minimum Gasteiger partial charge on any atom is -0.508 e. The Kier molecular flexibility index (Phi) is 5.81. The fourth-order valence-corrected chi connectivity index (χ4v) is 4.35. The lowest BCUT2D eigenvalue weighted by atomic mass is 9.92. The van der Waals surface area contributed by atoms with Crippen molar-refractivity contribution in [1.29, 1.82) is 0 Å². The number of phenolic OH excluding ortho intramolecular Hbond substituents is 1. The number of barbiturate groups is 1. The molecular weight excluding hydrogens is 464 g/mol. The maximum absolute atomic E-state index is 13.4. The van der Waals surface area contributed by atoms with Gasteiger partial charge in [0, 0.05) is 5.02 Å². The molecule has 2 N–H and O–H groups in total. The van der Waals surface area contributed by atoms with Crippen LogP contribution >= 0.6 is 11.6 Å². The molecule has 0 unspecified atom stereocenters. The first kappa shape index (κ1) is 22.4. The number of anilines is 1. The number of fused-ring (bicyclic) bond motifs is 1. The highest BCUT2D eigenvalue weighted by Crippen LogP contribution is 2.30. The standard InChI is InChI=1S/C28H19ClN2O4/c29-25-8-4-2-6-19(25)15-18-10-9-17-5-1-3-7-22(17)23(18)16-24-26(33)30-28(35)31(27(24)34)20-11-13-21(32)14-12-20/h1-14,16,32H,15H2,(H,30,33,35)/b24-16+. The molecule has 4 aromatic rings. The maximum atomic E-state index is 13.4. The second-order valence-corrected chi connectivity index (χ2v) is 8.51. The zero-order chi connectivity index (χ0) is 24.5. The van der Waals surface area contributed by atoms with Crippen LogP contribution in [0.4, 0.5) is 10.5 Å². The molecule has 1 fully saturated rings. The largest absolute Gasteiger partial charge is 0.508 e. The van der Waals surface area contributed by atoms with Gasteiger partial charge in [-0.1, -0.05) is 66.2 Å². The Labute approximate surface area is 206 Å². The van der Waals surface area contributed by atoms with Crippen LogP contribution in [-0.4, -0.2) is 23.0 Å². The van der Waals surface area contributed by atoms with Crippen LogP contribution in [0, 0.1) is 0 Å². The van der Waals surface area contributed by atoms with E-state index in [1.807, 2.05) is 60.7 Å². The number of nitrogens with one attached hydrogen (secondary N) is 1. The molecule has 0 radical (unpaired) electrons. The summed E-state index contributed by atoms with van der Waals surface area (Å²) in [5.74, 6) is -1.53. The summed E-state index contributed by atoms with van der Waals surface area (Å²) in [4.78, 5) is 39.6. The number of hydrogen-bond donors (Lipinski definition) is 2. The van der Waals surface area contributed by atoms with Crippen LogP contribution in [0.2, 0.25) is 5.02 Å². The van der Waals surface area contributed by atoms with Crippen LogP contribution in [0.3, 0.4) is 0 Å². The monoisotopic (exact) mass is 482 g/mol. The maximum Gasteiger partial charge on any atom is 0.335 e. The van der Waals surface area contributed by atoms with E-state index in [1.165, 1.54) is 30.3 Å². The van der Waals surface area contributed by atoms with Crippen molar-refractivity contribution in [2.24, 2.45) is 0 Å². The molecule has 172 valence electrons. The number of carbonyl (C=O) groups is 3. The fourth-order valence-electron chi connectivity index (χ4n) is 4.15. The molecule has 0 aliphatic carbocycles. The molecule has 5 rings (SSSR count). The fraction of sp³-hybridized carbons (Fsp3) is 0.0357. The van der Waals surface area contributed by atoms with E-state index in [9.17, 15) is 19.5 Å². The van der Waals surface area contributed by atoms with Crippen molar-refractivity contribution in [3.05, 3.63) is 112 Å². The summed E-state index contributed by atoms with van der Waals surface area (Å²) in [5, 5.41) is 14.2. The third kappa shape index (κ3) is 4.27. The van der Waals surface area contributed by atoms with Gasteiger partial charge in [0.2, 0.25) is 0 Å². The van der Waals surface area contributed by atoms with Gasteiger partial charge in [0.05, 0.1) is 5.69 Å². The average Bonchev–Trinajstić information content (AvgIpc) is 2.85. The van der Waals surface area contributed by atoms with E-state index in [-0.39, 0.29) is 17.0 Å². The van der Waals surface area contributed by atoms with Crippen LogP contribution < -0.4 is 10.2 Å². The smallest absolute Gasteiger partial charge is 0.335 e. The third-order valence-electron chi connectivity index (χ3n) is 5.90. The molecule has 0 saturated carbocycles. The zero-order valence-electron chi connectivity index (χ0n) is 18.4. The number of hydrogen-bond acceptors (Lipinski definition) is 4. The van der Waals surface area contributed by atoms with Gasteiger partial charge in [-0.3, -0.25) is 14.9 Å². The van der Waals surface area contributed by atoms with E-state index in [2.05, 4.69) is 5.32 Å². The van der Waals surface area contributed by atoms with E-state index in [4.69, 9.17) is 11.6 Å². The predicted molar refractivity (Wildman–Crippen MR) is 135 cm³/mol. The highest BCUT2D eigenvalue weighted by atomic mass is 35.5. The number of phenols is 1. The second-order valence-electron chi connectivity index (χ2n) is 8.10. The highest BCUT2D eigenvalue weighted by Gasteiger charge is 2.37. The molecule has 35 heavy (non-hydrogen) atoms. The molecule has 1 aliphatic rings. The number of aromatic hydroxyl groups is 1. The molecule has 1 heterocycles. The Balaban J connectivity index is 1.65. The number of nitrogens with zero attached hydrogens (tertiary/aromatic N) is 1. The summed E-state index contributed by atoms with van der Waals surface area (Å²) in [6, 6.07) is 23.9. The van der Waals surface area contributed by atoms with E-state index < -0.39 is 17.8 Å². The summed E-state index contributed by atoms with van der Waals surface area (Å²) in [5.41, 5.74) is 2.54. The molecule has 1 aliphatic heterocycles. The quantitative estimate of drug-likeness (QED) is 0.299. The Bertz CT molecular complexity index is 1530. The predicted octanol–water partition coefficient (Wildman–Crippen LogP) is 5.46. The van der Waals surface area contributed by atoms with Crippen molar-refractivity contribution in [3.63, 3.8) is 0 Å². The number of halogens is 1. The number of urea groups is 1. The van der Waals surface area contributed by atoms with Crippen molar-refractivity contribution >= 4 is 52.0 Å². The van der Waals surface area contributed by atoms with Gasteiger partial charge in [0.1, 0.15) is 11.3 Å². The summed E-state index contributed by atoms with van der Waals surface area (Å²) < 4.78 is 0. The summed E-state index contributed by atoms with van der Waals surface area (Å²) in [6.07, 6.45) is 2.02. The van der Waals surface area contributed by atoms with Gasteiger partial charge in [0.15, 0.2) is 0 Å². The molecular formula is C28H19ClN2O4. The van der Waals surface area contributed by atoms with Gasteiger partial charge in [-0.25, -0.2) is 9.69 Å². The van der Waals surface area contributed by atoms with Crippen LogP contribution in [-0.2, 0) is 16.0 Å². The molecule has 4 amide bonds. The van der Waals surface area contributed by atoms with Crippen LogP contribution in [0.25, 0.3) is 16.8 Å². The minimum absolute atomic E-state index is 0.00886. The van der Waals surface area contributed by atoms with E-state index in [1.54, 1.807) is 0 Å². The van der Waals surface area contributed by atoms with Crippen molar-refractivity contribution in [3.8, 4) is 5.75 Å². The number of amides is 4. The molecule has 4 aromatic carbocycles. The molecule has 0 atom stereocenters. The van der Waals surface area contributed by atoms with E-state index in [0.29, 0.717) is 17.0 Å². The van der Waals surface area contributed by atoms with Gasteiger partial charge in [0.25, 0.3) is 11.8 Å². The summed E-state index contributed by atoms with van der Waals surface area (Å²) >= 11 is 6.40. The Morgan fingerprint density at radius 2 is 1.54 bits per heavy atom. The molecule has 1 saturated heterocycles. The summed E-state index contributed by atoms with van der Waals surface area (Å²) in [6.45, 7) is 0. The molecule has 7 heteroatoms. The molecule has 6 nitrogen and oxygen atoms in total. The van der Waals surface area contributed by atoms with Crippen molar-refractivity contribution < 1.29 is 19.5 Å². The Morgan fingerprint density at radius 3 is 2.31 bits per heavy atom. The van der Waals surface area contributed by atoms with Crippen molar-refractivity contribution in [2.45, 2.75) is 6.42 Å². The average molecular weight is 483 g/mol. The SMILES string of the molecule is O=C1NC(=O)N(c2ccc(O)cc2)C(=O)/C1=C/c1c(Cc2ccccc2Cl)ccc2ccccc12. The van der Waals surface area contributed by atoms with Crippen molar-refractivity contribution in [2.75, 3.05) is 4.90 Å². The Morgan fingerprint density at radius 1 is 0.829 bits per heavy atom. The molecule has 0 aromatic heterocycles. The lowest BCUT2D eigenvalue weighted by molar-refractivity contribution is -0.122. The topological polar surface area (TPSA) is 86.7 Å². The molecule has 0 spiro atoms. The number of benzene rings is 4. The zero-order valence-corrected chi connectivity index (χ0v) is 19.1. The lowest BCUT2D eigenvalue weighted by Crippen LogP contribution is -2.54. The van der Waals surface area contributed by atoms with Crippen LogP contribution in [0.5, 0.6) is 5.75 Å². The first-order chi connectivity index (χ1) is 16.9. The van der Waals surface area contributed by atoms with Gasteiger partial charge < -0.3 is 5.11 Å². The van der Waals surface area contributed by atoms with Gasteiger partial charge in [-0.15, -0.1) is 0 Å². The van der Waals surface area contributed by atoms with Crippen molar-refractivity contribution in [1.82, 2.24) is 5.32 Å². The second kappa shape index (κ2) is 9.08. The van der Waals surface area contributed by atoms with Crippen LogP contribution in [0.1, 0.15) is 16.7 Å². The summed E-state index contributed by atoms with van der Waals surface area (Å²) in [7, 11) is 0. The highest BCUT2D eigenvalue weighted by molar-refractivity contribution is 6.39. The normalized spacial score (nSPS) is 15.1.